The van der Waals surface area contributed by atoms with Crippen LogP contribution in [0, 0.1) is 13.8 Å². The highest BCUT2D eigenvalue weighted by Gasteiger charge is 2.09. The molecule has 0 aliphatic heterocycles. The van der Waals surface area contributed by atoms with E-state index < -0.39 is 0 Å². The van der Waals surface area contributed by atoms with Gasteiger partial charge in [-0.2, -0.15) is 5.10 Å². The van der Waals surface area contributed by atoms with Crippen LogP contribution in [-0.2, 0) is 11.3 Å². The summed E-state index contributed by atoms with van der Waals surface area (Å²) in [6, 6.07) is 12.3. The third-order valence-electron chi connectivity index (χ3n) is 4.16. The lowest BCUT2D eigenvalue weighted by Crippen LogP contribution is -2.38. The first-order valence-electron chi connectivity index (χ1n) is 9.25. The van der Waals surface area contributed by atoms with Crippen molar-refractivity contribution in [3.05, 3.63) is 53.3 Å². The van der Waals surface area contributed by atoms with Gasteiger partial charge in [0.05, 0.1) is 12.2 Å². The molecule has 2 aromatic rings. The summed E-state index contributed by atoms with van der Waals surface area (Å²) in [6.07, 6.45) is 0.944. The molecule has 142 valence electrons. The maximum absolute atomic E-state index is 5.59. The zero-order chi connectivity index (χ0) is 18.8. The Morgan fingerprint density at radius 3 is 2.62 bits per heavy atom. The Labute approximate surface area is 156 Å². The minimum atomic E-state index is -0.0404. The minimum Gasteiger partial charge on any atom is -0.375 e. The molecule has 0 saturated heterocycles. The van der Waals surface area contributed by atoms with Crippen LogP contribution < -0.4 is 10.6 Å². The molecule has 1 aromatic carbocycles. The van der Waals surface area contributed by atoms with E-state index in [0.29, 0.717) is 6.54 Å². The lowest BCUT2D eigenvalue weighted by atomic mass is 10.1. The van der Waals surface area contributed by atoms with E-state index in [4.69, 9.17) is 4.74 Å². The number of benzene rings is 1. The second-order valence-corrected chi connectivity index (χ2v) is 6.29. The van der Waals surface area contributed by atoms with Crippen molar-refractivity contribution in [3.8, 4) is 0 Å². The van der Waals surface area contributed by atoms with Gasteiger partial charge in [0, 0.05) is 32.4 Å². The van der Waals surface area contributed by atoms with Gasteiger partial charge in [-0.1, -0.05) is 30.3 Å². The van der Waals surface area contributed by atoms with Gasteiger partial charge in [0.15, 0.2) is 5.96 Å². The van der Waals surface area contributed by atoms with Gasteiger partial charge in [-0.25, -0.2) is 0 Å². The van der Waals surface area contributed by atoms with E-state index in [1.807, 2.05) is 25.1 Å². The number of methoxy groups -OCH3 is 1. The number of aromatic nitrogens is 2. The number of aryl methyl sites for hydroxylation is 3. The van der Waals surface area contributed by atoms with Crippen molar-refractivity contribution in [3.63, 3.8) is 0 Å². The number of hydrogen-bond acceptors (Lipinski definition) is 3. The number of hydrogen-bond donors (Lipinski definition) is 2. The summed E-state index contributed by atoms with van der Waals surface area (Å²) in [5.41, 5.74) is 3.41. The van der Waals surface area contributed by atoms with Crippen LogP contribution in [-0.4, -0.2) is 42.5 Å². The van der Waals surface area contributed by atoms with Gasteiger partial charge in [0.25, 0.3) is 0 Å². The minimum absolute atomic E-state index is 0.0404. The molecule has 1 atom stereocenters. The normalized spacial score (nSPS) is 12.8. The van der Waals surface area contributed by atoms with Crippen molar-refractivity contribution in [2.24, 2.45) is 4.99 Å². The lowest BCUT2D eigenvalue weighted by Gasteiger charge is -2.16. The zero-order valence-corrected chi connectivity index (χ0v) is 16.3. The first kappa shape index (κ1) is 20.0. The Morgan fingerprint density at radius 1 is 1.23 bits per heavy atom. The van der Waals surface area contributed by atoms with Gasteiger partial charge < -0.3 is 15.4 Å². The Bertz CT molecular complexity index is 681. The van der Waals surface area contributed by atoms with E-state index in [-0.39, 0.29) is 6.10 Å². The molecule has 0 fully saturated rings. The molecule has 2 N–H and O–H groups in total. The standard InChI is InChI=1S/C20H31N5O/c1-5-21-20(22-12-9-13-25-17(3)14-16(2)24-25)23-15-19(26-4)18-10-7-6-8-11-18/h6-8,10-11,14,19H,5,9,12-13,15H2,1-4H3,(H2,21,22,23). The molecule has 0 amide bonds. The fraction of sp³-hybridized carbons (Fsp3) is 0.500. The fourth-order valence-corrected chi connectivity index (χ4v) is 2.84. The smallest absolute Gasteiger partial charge is 0.191 e. The maximum atomic E-state index is 5.59. The molecule has 6 heteroatoms. The van der Waals surface area contributed by atoms with Gasteiger partial charge >= 0.3 is 0 Å². The molecule has 2 rings (SSSR count). The summed E-state index contributed by atoms with van der Waals surface area (Å²) in [5.74, 6) is 0.818. The molecule has 0 spiro atoms. The van der Waals surface area contributed by atoms with Crippen LogP contribution in [0.25, 0.3) is 0 Å². The predicted octanol–water partition coefficient (Wildman–Crippen LogP) is 2.83. The Balaban J connectivity index is 1.84. The van der Waals surface area contributed by atoms with Gasteiger partial charge in [0.2, 0.25) is 0 Å². The van der Waals surface area contributed by atoms with Crippen molar-refractivity contribution < 1.29 is 4.74 Å². The van der Waals surface area contributed by atoms with Crippen LogP contribution in [0.2, 0.25) is 0 Å². The molecule has 1 heterocycles. The summed E-state index contributed by atoms with van der Waals surface area (Å²) >= 11 is 0. The highest BCUT2D eigenvalue weighted by Crippen LogP contribution is 2.16. The van der Waals surface area contributed by atoms with E-state index in [0.717, 1.165) is 43.3 Å². The molecule has 0 bridgehead atoms. The Morgan fingerprint density at radius 2 is 2.00 bits per heavy atom. The molecule has 1 unspecified atom stereocenters. The van der Waals surface area contributed by atoms with Crippen LogP contribution in [0.5, 0.6) is 0 Å². The third-order valence-corrected chi connectivity index (χ3v) is 4.16. The first-order chi connectivity index (χ1) is 12.6. The fourth-order valence-electron chi connectivity index (χ4n) is 2.84. The molecular weight excluding hydrogens is 326 g/mol. The average molecular weight is 358 g/mol. The topological polar surface area (TPSA) is 63.5 Å². The number of guanidine groups is 1. The van der Waals surface area contributed by atoms with E-state index in [1.165, 1.54) is 5.69 Å². The Kier molecular flexibility index (Phi) is 8.15. The molecule has 0 radical (unpaired) electrons. The lowest BCUT2D eigenvalue weighted by molar-refractivity contribution is 0.111. The van der Waals surface area contributed by atoms with Gasteiger partial charge in [-0.3, -0.25) is 9.67 Å². The SMILES string of the molecule is CCNC(=NCC(OC)c1ccccc1)NCCCn1nc(C)cc1C. The summed E-state index contributed by atoms with van der Waals surface area (Å²) in [5, 5.41) is 11.2. The predicted molar refractivity (Wildman–Crippen MR) is 106 cm³/mol. The third kappa shape index (κ3) is 6.19. The second kappa shape index (κ2) is 10.6. The van der Waals surface area contributed by atoms with Crippen LogP contribution in [0.4, 0.5) is 0 Å². The quantitative estimate of drug-likeness (QED) is 0.411. The molecule has 26 heavy (non-hydrogen) atoms. The van der Waals surface area contributed by atoms with Crippen molar-refractivity contribution in [2.75, 3.05) is 26.7 Å². The molecule has 0 aliphatic rings. The number of aliphatic imine (C=N–C) groups is 1. The second-order valence-electron chi connectivity index (χ2n) is 6.29. The van der Waals surface area contributed by atoms with E-state index in [2.05, 4.69) is 57.5 Å². The monoisotopic (exact) mass is 357 g/mol. The van der Waals surface area contributed by atoms with Crippen LogP contribution >= 0.6 is 0 Å². The van der Waals surface area contributed by atoms with Gasteiger partial charge in [-0.15, -0.1) is 0 Å². The number of rotatable bonds is 9. The van der Waals surface area contributed by atoms with Crippen molar-refractivity contribution in [1.82, 2.24) is 20.4 Å². The van der Waals surface area contributed by atoms with Crippen molar-refractivity contribution in [1.29, 1.82) is 0 Å². The van der Waals surface area contributed by atoms with Crippen LogP contribution in [0.1, 0.15) is 36.4 Å². The number of ether oxygens (including phenoxy) is 1. The van der Waals surface area contributed by atoms with E-state index in [9.17, 15) is 0 Å². The van der Waals surface area contributed by atoms with Crippen molar-refractivity contribution >= 4 is 5.96 Å². The zero-order valence-electron chi connectivity index (χ0n) is 16.3. The van der Waals surface area contributed by atoms with Crippen LogP contribution in [0.15, 0.2) is 41.4 Å². The summed E-state index contributed by atoms with van der Waals surface area (Å²) < 4.78 is 7.64. The summed E-state index contributed by atoms with van der Waals surface area (Å²) in [7, 11) is 1.72. The highest BCUT2D eigenvalue weighted by molar-refractivity contribution is 5.79. The Hall–Kier alpha value is -2.34. The van der Waals surface area contributed by atoms with Crippen LogP contribution in [0.3, 0.4) is 0 Å². The molecule has 6 nitrogen and oxygen atoms in total. The molecule has 0 saturated carbocycles. The van der Waals surface area contributed by atoms with E-state index >= 15 is 0 Å². The maximum Gasteiger partial charge on any atom is 0.191 e. The molecule has 1 aromatic heterocycles. The summed E-state index contributed by atoms with van der Waals surface area (Å²) in [6.45, 7) is 9.33. The van der Waals surface area contributed by atoms with Gasteiger partial charge in [0.1, 0.15) is 6.10 Å². The van der Waals surface area contributed by atoms with Gasteiger partial charge in [-0.05, 0) is 38.8 Å². The molecule has 0 aliphatic carbocycles. The average Bonchev–Trinajstić information content (AvgIpc) is 2.97. The first-order valence-corrected chi connectivity index (χ1v) is 9.25. The number of nitrogens with zero attached hydrogens (tertiary/aromatic N) is 3. The summed E-state index contributed by atoms with van der Waals surface area (Å²) in [4.78, 5) is 4.67. The number of nitrogens with one attached hydrogen (secondary N) is 2. The largest absolute Gasteiger partial charge is 0.375 e. The van der Waals surface area contributed by atoms with Crippen molar-refractivity contribution in [2.45, 2.75) is 39.8 Å². The van der Waals surface area contributed by atoms with E-state index in [1.54, 1.807) is 7.11 Å². The molecular formula is C20H31N5O. The highest BCUT2D eigenvalue weighted by atomic mass is 16.5.